The van der Waals surface area contributed by atoms with E-state index in [2.05, 4.69) is 28.7 Å². The number of piperidine rings is 1. The van der Waals surface area contributed by atoms with E-state index < -0.39 is 10.0 Å². The van der Waals surface area contributed by atoms with Gasteiger partial charge < -0.3 is 9.88 Å². The Labute approximate surface area is 140 Å². The average Bonchev–Trinajstić information content (AvgIpc) is 2.99. The first-order valence-electron chi connectivity index (χ1n) is 8.62. The minimum atomic E-state index is -3.15. The lowest BCUT2D eigenvalue weighted by atomic mass is 9.91. The second-order valence-corrected chi connectivity index (χ2v) is 9.01. The van der Waals surface area contributed by atoms with E-state index in [1.807, 2.05) is 12.4 Å². The lowest BCUT2D eigenvalue weighted by Gasteiger charge is -2.38. The molecule has 0 unspecified atom stereocenters. The highest BCUT2D eigenvalue weighted by molar-refractivity contribution is 7.89. The molecule has 1 N–H and O–H groups in total. The van der Waals surface area contributed by atoms with Crippen molar-refractivity contribution in [3.63, 3.8) is 0 Å². The molecule has 1 aliphatic heterocycles. The van der Waals surface area contributed by atoms with Crippen LogP contribution in [0.15, 0.2) is 12.4 Å². The average molecular weight is 343 g/mol. The van der Waals surface area contributed by atoms with Gasteiger partial charge in [-0.25, -0.2) is 17.7 Å². The molecule has 0 spiro atoms. The summed E-state index contributed by atoms with van der Waals surface area (Å²) in [5.41, 5.74) is 0. The second-order valence-electron chi connectivity index (χ2n) is 6.53. The molecule has 1 saturated heterocycles. The van der Waals surface area contributed by atoms with Gasteiger partial charge in [-0.15, -0.1) is 0 Å². The van der Waals surface area contributed by atoms with Crippen LogP contribution in [0.4, 0.5) is 0 Å². The fourth-order valence-corrected chi connectivity index (χ4v) is 4.58. The van der Waals surface area contributed by atoms with Crippen LogP contribution in [-0.2, 0) is 23.1 Å². The monoisotopic (exact) mass is 342 g/mol. The molecular weight excluding hydrogens is 312 g/mol. The summed E-state index contributed by atoms with van der Waals surface area (Å²) in [6.45, 7) is 10.6. The summed E-state index contributed by atoms with van der Waals surface area (Å²) in [6.07, 6.45) is 5.66. The van der Waals surface area contributed by atoms with E-state index in [1.165, 1.54) is 0 Å². The molecule has 1 aromatic rings. The van der Waals surface area contributed by atoms with Gasteiger partial charge in [0.05, 0.1) is 11.8 Å². The van der Waals surface area contributed by atoms with Crippen LogP contribution in [-0.4, -0.2) is 46.7 Å². The van der Waals surface area contributed by atoms with Gasteiger partial charge in [0, 0.05) is 38.1 Å². The van der Waals surface area contributed by atoms with Gasteiger partial charge in [0.15, 0.2) is 0 Å². The van der Waals surface area contributed by atoms with Crippen molar-refractivity contribution in [1.82, 2.24) is 19.2 Å². The summed E-state index contributed by atoms with van der Waals surface area (Å²) >= 11 is 0. The Morgan fingerprint density at radius 1 is 1.39 bits per heavy atom. The van der Waals surface area contributed by atoms with E-state index in [0.717, 1.165) is 31.8 Å². The SMILES string of the molecule is CC[C@H]1CN(S(=O)(=O)C(C)C)CC[C@H]1NCc1nccn1CC. The van der Waals surface area contributed by atoms with Crippen LogP contribution in [0.25, 0.3) is 0 Å². The predicted molar refractivity (Wildman–Crippen MR) is 92.6 cm³/mol. The number of imidazole rings is 1. The van der Waals surface area contributed by atoms with Gasteiger partial charge in [-0.1, -0.05) is 13.3 Å². The molecule has 2 rings (SSSR count). The molecule has 0 radical (unpaired) electrons. The fraction of sp³-hybridized carbons (Fsp3) is 0.812. The molecule has 1 aliphatic rings. The van der Waals surface area contributed by atoms with Crippen molar-refractivity contribution in [1.29, 1.82) is 0 Å². The molecule has 0 aliphatic carbocycles. The summed E-state index contributed by atoms with van der Waals surface area (Å²) in [4.78, 5) is 4.39. The number of aromatic nitrogens is 2. The van der Waals surface area contributed by atoms with Gasteiger partial charge in [0.2, 0.25) is 10.0 Å². The van der Waals surface area contributed by atoms with Gasteiger partial charge in [-0.3, -0.25) is 0 Å². The number of aryl methyl sites for hydroxylation is 1. The van der Waals surface area contributed by atoms with Crippen molar-refractivity contribution in [2.45, 2.75) is 64.9 Å². The number of hydrogen-bond acceptors (Lipinski definition) is 4. The number of nitrogens with zero attached hydrogens (tertiary/aromatic N) is 3. The Hall–Kier alpha value is -0.920. The summed E-state index contributed by atoms with van der Waals surface area (Å²) < 4.78 is 28.6. The highest BCUT2D eigenvalue weighted by atomic mass is 32.2. The zero-order valence-corrected chi connectivity index (χ0v) is 15.5. The smallest absolute Gasteiger partial charge is 0.216 e. The molecule has 0 bridgehead atoms. The molecule has 23 heavy (non-hydrogen) atoms. The number of hydrogen-bond donors (Lipinski definition) is 1. The zero-order chi connectivity index (χ0) is 17.0. The molecule has 6 nitrogen and oxygen atoms in total. The minimum Gasteiger partial charge on any atom is -0.334 e. The maximum absolute atomic E-state index is 12.4. The van der Waals surface area contributed by atoms with Gasteiger partial charge in [-0.2, -0.15) is 0 Å². The quantitative estimate of drug-likeness (QED) is 0.821. The van der Waals surface area contributed by atoms with Gasteiger partial charge >= 0.3 is 0 Å². The van der Waals surface area contributed by atoms with Gasteiger partial charge in [-0.05, 0) is 33.1 Å². The molecule has 1 aromatic heterocycles. The summed E-state index contributed by atoms with van der Waals surface area (Å²) in [5.74, 6) is 1.39. The second kappa shape index (κ2) is 7.77. The Morgan fingerprint density at radius 3 is 2.74 bits per heavy atom. The summed E-state index contributed by atoms with van der Waals surface area (Å²) in [6, 6.07) is 0.348. The van der Waals surface area contributed by atoms with Crippen molar-refractivity contribution >= 4 is 10.0 Å². The maximum atomic E-state index is 12.4. The topological polar surface area (TPSA) is 67.2 Å². The van der Waals surface area contributed by atoms with E-state index in [9.17, 15) is 8.42 Å². The van der Waals surface area contributed by atoms with E-state index in [0.29, 0.717) is 25.0 Å². The van der Waals surface area contributed by atoms with E-state index >= 15 is 0 Å². The normalized spacial score (nSPS) is 23.5. The Balaban J connectivity index is 1.97. The minimum absolute atomic E-state index is 0.346. The Bertz CT molecular complexity index is 597. The largest absolute Gasteiger partial charge is 0.334 e. The highest BCUT2D eigenvalue weighted by Gasteiger charge is 2.35. The first kappa shape index (κ1) is 18.4. The van der Waals surface area contributed by atoms with Crippen LogP contribution >= 0.6 is 0 Å². The molecule has 0 amide bonds. The highest BCUT2D eigenvalue weighted by Crippen LogP contribution is 2.24. The molecule has 0 aromatic carbocycles. The number of rotatable bonds is 7. The standard InChI is InChI=1S/C16H30N4O2S/c1-5-14-12-20(23(21,22)13(3)4)9-7-15(14)18-11-16-17-8-10-19(16)6-2/h8,10,13-15,18H,5-7,9,11-12H2,1-4H3/t14-,15+/m0/s1. The summed E-state index contributed by atoms with van der Waals surface area (Å²) in [7, 11) is -3.15. The fourth-order valence-electron chi connectivity index (χ4n) is 3.23. The summed E-state index contributed by atoms with van der Waals surface area (Å²) in [5, 5.41) is 3.25. The molecule has 0 saturated carbocycles. The van der Waals surface area contributed by atoms with E-state index in [4.69, 9.17) is 0 Å². The third kappa shape index (κ3) is 4.14. The van der Waals surface area contributed by atoms with Crippen molar-refractivity contribution < 1.29 is 8.42 Å². The third-order valence-electron chi connectivity index (χ3n) is 4.84. The third-order valence-corrected chi connectivity index (χ3v) is 7.08. The first-order valence-corrected chi connectivity index (χ1v) is 10.1. The van der Waals surface area contributed by atoms with Crippen LogP contribution < -0.4 is 5.32 Å². The Morgan fingerprint density at radius 2 is 2.13 bits per heavy atom. The zero-order valence-electron chi connectivity index (χ0n) is 14.7. The first-order chi connectivity index (χ1) is 10.9. The van der Waals surface area contributed by atoms with E-state index in [1.54, 1.807) is 18.2 Å². The maximum Gasteiger partial charge on any atom is 0.216 e. The lowest BCUT2D eigenvalue weighted by molar-refractivity contribution is 0.199. The van der Waals surface area contributed by atoms with Crippen LogP contribution in [0.1, 0.15) is 46.4 Å². The predicted octanol–water partition coefficient (Wildman–Crippen LogP) is 1.83. The van der Waals surface area contributed by atoms with Crippen LogP contribution in [0.3, 0.4) is 0 Å². The van der Waals surface area contributed by atoms with Crippen LogP contribution in [0.2, 0.25) is 0 Å². The molecule has 2 heterocycles. The molecular formula is C16H30N4O2S. The lowest BCUT2D eigenvalue weighted by Crippen LogP contribution is -2.52. The molecule has 7 heteroatoms. The van der Waals surface area contributed by atoms with Crippen molar-refractivity contribution in [2.24, 2.45) is 5.92 Å². The van der Waals surface area contributed by atoms with Crippen molar-refractivity contribution in [3.8, 4) is 0 Å². The molecule has 132 valence electrons. The van der Waals surface area contributed by atoms with E-state index in [-0.39, 0.29) is 5.25 Å². The molecule has 1 fully saturated rings. The molecule has 2 atom stereocenters. The van der Waals surface area contributed by atoms with Crippen molar-refractivity contribution in [3.05, 3.63) is 18.2 Å². The number of nitrogens with one attached hydrogen (secondary N) is 1. The Kier molecular flexibility index (Phi) is 6.22. The van der Waals surface area contributed by atoms with Crippen molar-refractivity contribution in [2.75, 3.05) is 13.1 Å². The van der Waals surface area contributed by atoms with Gasteiger partial charge in [0.25, 0.3) is 0 Å². The van der Waals surface area contributed by atoms with Crippen LogP contribution in [0.5, 0.6) is 0 Å². The number of sulfonamides is 1. The van der Waals surface area contributed by atoms with Gasteiger partial charge in [0.1, 0.15) is 5.82 Å². The van der Waals surface area contributed by atoms with Crippen LogP contribution in [0, 0.1) is 5.92 Å².